The van der Waals surface area contributed by atoms with Crippen LogP contribution < -0.4 is 10.6 Å². The van der Waals surface area contributed by atoms with Crippen LogP contribution in [-0.2, 0) is 4.79 Å². The van der Waals surface area contributed by atoms with E-state index in [-0.39, 0.29) is 11.9 Å². The van der Waals surface area contributed by atoms with E-state index in [0.29, 0.717) is 6.04 Å². The lowest BCUT2D eigenvalue weighted by atomic mass is 10.1. The van der Waals surface area contributed by atoms with Crippen LogP contribution in [0.15, 0.2) is 0 Å². The third-order valence-electron chi connectivity index (χ3n) is 3.58. The summed E-state index contributed by atoms with van der Waals surface area (Å²) in [6.45, 7) is 8.90. The van der Waals surface area contributed by atoms with Crippen molar-refractivity contribution in [1.29, 1.82) is 0 Å². The van der Waals surface area contributed by atoms with Gasteiger partial charge in [0.15, 0.2) is 0 Å². The number of amides is 1. The van der Waals surface area contributed by atoms with Gasteiger partial charge in [0.05, 0.1) is 6.04 Å². The van der Waals surface area contributed by atoms with E-state index < -0.39 is 0 Å². The van der Waals surface area contributed by atoms with Crippen LogP contribution in [0.1, 0.15) is 20.3 Å². The van der Waals surface area contributed by atoms with Gasteiger partial charge in [0, 0.05) is 38.8 Å². The Labute approximate surface area is 111 Å². The number of carbonyl (C=O) groups excluding carboxylic acids is 1. The summed E-state index contributed by atoms with van der Waals surface area (Å²) in [5, 5.41) is 6.25. The van der Waals surface area contributed by atoms with Crippen molar-refractivity contribution in [3.05, 3.63) is 0 Å². The first kappa shape index (κ1) is 15.4. The Kier molecular flexibility index (Phi) is 6.60. The van der Waals surface area contributed by atoms with Gasteiger partial charge in [-0.15, -0.1) is 0 Å². The van der Waals surface area contributed by atoms with E-state index in [2.05, 4.69) is 41.5 Å². The quantitative estimate of drug-likeness (QED) is 0.687. The number of rotatable bonds is 6. The zero-order valence-electron chi connectivity index (χ0n) is 12.2. The predicted molar refractivity (Wildman–Crippen MR) is 74.7 cm³/mol. The first-order valence-corrected chi connectivity index (χ1v) is 6.94. The average Bonchev–Trinajstić information content (AvgIpc) is 2.36. The summed E-state index contributed by atoms with van der Waals surface area (Å²) in [6, 6.07) is 0.377. The molecule has 0 spiro atoms. The fourth-order valence-corrected chi connectivity index (χ4v) is 2.13. The Balaban J connectivity index is 2.28. The van der Waals surface area contributed by atoms with E-state index in [1.807, 2.05) is 6.92 Å². The number of carbonyl (C=O) groups is 1. The predicted octanol–water partition coefficient (Wildman–Crippen LogP) is -0.263. The fourth-order valence-electron chi connectivity index (χ4n) is 2.13. The molecule has 1 amide bonds. The van der Waals surface area contributed by atoms with E-state index >= 15 is 0 Å². The minimum atomic E-state index is -0.114. The number of piperazine rings is 1. The molecule has 2 unspecified atom stereocenters. The van der Waals surface area contributed by atoms with Gasteiger partial charge in [0.25, 0.3) is 0 Å². The van der Waals surface area contributed by atoms with E-state index in [0.717, 1.165) is 39.1 Å². The molecule has 0 saturated carbocycles. The Hall–Kier alpha value is -0.650. The molecule has 1 heterocycles. The molecule has 0 aromatic heterocycles. The van der Waals surface area contributed by atoms with Crippen LogP contribution in [0.2, 0.25) is 0 Å². The lowest BCUT2D eigenvalue weighted by Gasteiger charge is -2.38. The lowest BCUT2D eigenvalue weighted by Crippen LogP contribution is -2.55. The topological polar surface area (TPSA) is 47.6 Å². The van der Waals surface area contributed by atoms with Crippen LogP contribution in [0.5, 0.6) is 0 Å². The van der Waals surface area contributed by atoms with Crippen molar-refractivity contribution in [3.8, 4) is 0 Å². The molecular weight excluding hydrogens is 228 g/mol. The first-order chi connectivity index (χ1) is 8.54. The molecule has 0 bridgehead atoms. The molecule has 0 aromatic carbocycles. The zero-order chi connectivity index (χ0) is 13.5. The molecule has 0 aliphatic carbocycles. The smallest absolute Gasteiger partial charge is 0.236 e. The second-order valence-corrected chi connectivity index (χ2v) is 5.32. The highest BCUT2D eigenvalue weighted by atomic mass is 16.2. The average molecular weight is 256 g/mol. The molecule has 1 fully saturated rings. The Morgan fingerprint density at radius 2 is 2.11 bits per heavy atom. The molecule has 1 aliphatic heterocycles. The van der Waals surface area contributed by atoms with Crippen LogP contribution >= 0.6 is 0 Å². The highest BCUT2D eigenvalue weighted by molar-refractivity contribution is 5.81. The zero-order valence-corrected chi connectivity index (χ0v) is 12.2. The summed E-state index contributed by atoms with van der Waals surface area (Å²) in [5.74, 6) is 0.101. The summed E-state index contributed by atoms with van der Waals surface area (Å²) >= 11 is 0. The van der Waals surface area contributed by atoms with Gasteiger partial charge in [0.2, 0.25) is 5.91 Å². The minimum absolute atomic E-state index is 0.101. The van der Waals surface area contributed by atoms with Crippen molar-refractivity contribution in [2.24, 2.45) is 0 Å². The summed E-state index contributed by atoms with van der Waals surface area (Å²) < 4.78 is 0. The van der Waals surface area contributed by atoms with Crippen molar-refractivity contribution >= 4 is 5.91 Å². The van der Waals surface area contributed by atoms with Gasteiger partial charge in [-0.3, -0.25) is 9.69 Å². The first-order valence-electron chi connectivity index (χ1n) is 6.94. The van der Waals surface area contributed by atoms with E-state index in [1.54, 1.807) is 0 Å². The minimum Gasteiger partial charge on any atom is -0.355 e. The molecule has 2 atom stereocenters. The van der Waals surface area contributed by atoms with Crippen LogP contribution in [0.4, 0.5) is 0 Å². The second kappa shape index (κ2) is 7.71. The Morgan fingerprint density at radius 1 is 1.39 bits per heavy atom. The molecule has 0 aromatic rings. The molecule has 18 heavy (non-hydrogen) atoms. The Morgan fingerprint density at radius 3 is 2.78 bits per heavy atom. The highest BCUT2D eigenvalue weighted by Crippen LogP contribution is 2.04. The molecule has 5 heteroatoms. The van der Waals surface area contributed by atoms with Gasteiger partial charge in [-0.1, -0.05) is 6.92 Å². The SMILES string of the molecule is CCCNC(=O)C(C)NCC1CN(C)CCN1C. The molecule has 1 saturated heterocycles. The van der Waals surface area contributed by atoms with Crippen LogP contribution in [0.25, 0.3) is 0 Å². The molecule has 5 nitrogen and oxygen atoms in total. The highest BCUT2D eigenvalue weighted by Gasteiger charge is 2.23. The van der Waals surface area contributed by atoms with Crippen molar-refractivity contribution in [3.63, 3.8) is 0 Å². The van der Waals surface area contributed by atoms with Gasteiger partial charge in [0.1, 0.15) is 0 Å². The van der Waals surface area contributed by atoms with Crippen molar-refractivity contribution in [2.75, 3.05) is 46.8 Å². The van der Waals surface area contributed by atoms with Gasteiger partial charge in [-0.2, -0.15) is 0 Å². The normalized spacial score (nSPS) is 23.9. The summed E-state index contributed by atoms with van der Waals surface area (Å²) in [5.41, 5.74) is 0. The Bertz CT molecular complexity index is 259. The maximum atomic E-state index is 11.7. The number of likely N-dealkylation sites (N-methyl/N-ethyl adjacent to an activating group) is 2. The van der Waals surface area contributed by atoms with E-state index in [1.165, 1.54) is 0 Å². The summed E-state index contributed by atoms with van der Waals surface area (Å²) in [6.07, 6.45) is 0.981. The third kappa shape index (κ3) is 4.92. The molecule has 0 radical (unpaired) electrons. The molecule has 1 aliphatic rings. The number of nitrogens with zero attached hydrogens (tertiary/aromatic N) is 2. The van der Waals surface area contributed by atoms with Crippen molar-refractivity contribution in [2.45, 2.75) is 32.4 Å². The number of hydrogen-bond donors (Lipinski definition) is 2. The second-order valence-electron chi connectivity index (χ2n) is 5.32. The van der Waals surface area contributed by atoms with Gasteiger partial charge < -0.3 is 15.5 Å². The fraction of sp³-hybridized carbons (Fsp3) is 0.923. The monoisotopic (exact) mass is 256 g/mol. The van der Waals surface area contributed by atoms with E-state index in [4.69, 9.17) is 0 Å². The summed E-state index contributed by atoms with van der Waals surface area (Å²) in [4.78, 5) is 16.4. The van der Waals surface area contributed by atoms with Crippen LogP contribution in [0.3, 0.4) is 0 Å². The maximum Gasteiger partial charge on any atom is 0.236 e. The maximum absolute atomic E-state index is 11.7. The van der Waals surface area contributed by atoms with Crippen LogP contribution in [0, 0.1) is 0 Å². The lowest BCUT2D eigenvalue weighted by molar-refractivity contribution is -0.122. The largest absolute Gasteiger partial charge is 0.355 e. The molecule has 2 N–H and O–H groups in total. The molecule has 106 valence electrons. The van der Waals surface area contributed by atoms with Crippen molar-refractivity contribution < 1.29 is 4.79 Å². The van der Waals surface area contributed by atoms with E-state index in [9.17, 15) is 4.79 Å². The standard InChI is InChI=1S/C13H28N4O/c1-5-6-14-13(18)11(2)15-9-12-10-16(3)7-8-17(12)4/h11-12,15H,5-10H2,1-4H3,(H,14,18). The van der Waals surface area contributed by atoms with Gasteiger partial charge >= 0.3 is 0 Å². The number of hydrogen-bond acceptors (Lipinski definition) is 4. The molecule has 1 rings (SSSR count). The number of nitrogens with one attached hydrogen (secondary N) is 2. The van der Waals surface area contributed by atoms with Crippen LogP contribution in [-0.4, -0.2) is 74.6 Å². The third-order valence-corrected chi connectivity index (χ3v) is 3.58. The van der Waals surface area contributed by atoms with Gasteiger partial charge in [-0.25, -0.2) is 0 Å². The van der Waals surface area contributed by atoms with Gasteiger partial charge in [-0.05, 0) is 27.4 Å². The summed E-state index contributed by atoms with van der Waals surface area (Å²) in [7, 11) is 4.30. The molecular formula is C13H28N4O. The van der Waals surface area contributed by atoms with Crippen molar-refractivity contribution in [1.82, 2.24) is 20.4 Å².